The van der Waals surface area contributed by atoms with Crippen molar-refractivity contribution >= 4 is 11.6 Å². The van der Waals surface area contributed by atoms with E-state index in [-0.39, 0.29) is 5.91 Å². The Balaban J connectivity index is 2.63. The van der Waals surface area contributed by atoms with E-state index in [9.17, 15) is 4.79 Å². The number of nitrogens with zero attached hydrogens (tertiary/aromatic N) is 1. The van der Waals surface area contributed by atoms with Crippen LogP contribution in [0.15, 0.2) is 24.3 Å². The van der Waals surface area contributed by atoms with Gasteiger partial charge in [0.2, 0.25) is 5.91 Å². The molecule has 1 rings (SSSR count). The van der Waals surface area contributed by atoms with E-state index in [1.54, 1.807) is 0 Å². The summed E-state index contributed by atoms with van der Waals surface area (Å²) in [5.41, 5.74) is 7.67. The van der Waals surface area contributed by atoms with E-state index in [4.69, 9.17) is 5.73 Å². The Labute approximate surface area is 104 Å². The third kappa shape index (κ3) is 4.10. The Morgan fingerprint density at radius 3 is 2.59 bits per heavy atom. The van der Waals surface area contributed by atoms with Gasteiger partial charge in [0.15, 0.2) is 0 Å². The second-order valence-electron chi connectivity index (χ2n) is 4.21. The summed E-state index contributed by atoms with van der Waals surface area (Å²) in [7, 11) is 0. The molecule has 17 heavy (non-hydrogen) atoms. The summed E-state index contributed by atoms with van der Waals surface area (Å²) in [4.78, 5) is 13.8. The lowest BCUT2D eigenvalue weighted by Gasteiger charge is -2.21. The second-order valence-corrected chi connectivity index (χ2v) is 4.21. The lowest BCUT2D eigenvalue weighted by molar-refractivity contribution is -0.131. The van der Waals surface area contributed by atoms with Crippen molar-refractivity contribution in [2.24, 2.45) is 0 Å². The Bertz CT molecular complexity index is 363. The van der Waals surface area contributed by atoms with Crippen LogP contribution >= 0.6 is 0 Å². The molecular weight excluding hydrogens is 212 g/mol. The zero-order valence-electron chi connectivity index (χ0n) is 10.8. The largest absolute Gasteiger partial charge is 0.398 e. The van der Waals surface area contributed by atoms with Gasteiger partial charge in [-0.25, -0.2) is 0 Å². The monoisotopic (exact) mass is 234 g/mol. The predicted octanol–water partition coefficient (Wildman–Crippen LogP) is 2.81. The van der Waals surface area contributed by atoms with E-state index in [0.29, 0.717) is 13.0 Å². The molecule has 0 unspecified atom stereocenters. The van der Waals surface area contributed by atoms with E-state index < -0.39 is 0 Å². The molecule has 0 fully saturated rings. The summed E-state index contributed by atoms with van der Waals surface area (Å²) < 4.78 is 0. The number of unbranched alkanes of at least 4 members (excludes halogenated alkanes) is 1. The Hall–Kier alpha value is -1.51. The SMILES string of the molecule is CCCCC(=O)N(CC)Cc1ccccc1N. The molecule has 0 saturated heterocycles. The van der Waals surface area contributed by atoms with Crippen LogP contribution in [0.5, 0.6) is 0 Å². The maximum absolute atomic E-state index is 11.9. The Morgan fingerprint density at radius 1 is 1.29 bits per heavy atom. The predicted molar refractivity (Wildman–Crippen MR) is 71.5 cm³/mol. The third-order valence-corrected chi connectivity index (χ3v) is 2.89. The van der Waals surface area contributed by atoms with Crippen LogP contribution < -0.4 is 5.73 Å². The van der Waals surface area contributed by atoms with Crippen molar-refractivity contribution in [3.05, 3.63) is 29.8 Å². The Kier molecular flexibility index (Phi) is 5.53. The number of hydrogen-bond acceptors (Lipinski definition) is 2. The first-order valence-electron chi connectivity index (χ1n) is 6.30. The lowest BCUT2D eigenvalue weighted by atomic mass is 10.1. The summed E-state index contributed by atoms with van der Waals surface area (Å²) in [6.07, 6.45) is 2.65. The van der Waals surface area contributed by atoms with Gasteiger partial charge in [0.05, 0.1) is 0 Å². The molecule has 0 aliphatic rings. The fourth-order valence-electron chi connectivity index (χ4n) is 1.75. The number of para-hydroxylation sites is 1. The highest BCUT2D eigenvalue weighted by Crippen LogP contribution is 2.14. The molecule has 0 spiro atoms. The molecule has 0 bridgehead atoms. The number of carbonyl (C=O) groups is 1. The van der Waals surface area contributed by atoms with Gasteiger partial charge in [-0.15, -0.1) is 0 Å². The molecule has 3 heteroatoms. The molecule has 1 aromatic rings. The van der Waals surface area contributed by atoms with Crippen LogP contribution in [0, 0.1) is 0 Å². The van der Waals surface area contributed by atoms with Crippen LogP contribution in [0.25, 0.3) is 0 Å². The molecular formula is C14H22N2O. The molecule has 0 saturated carbocycles. The minimum Gasteiger partial charge on any atom is -0.398 e. The summed E-state index contributed by atoms with van der Waals surface area (Å²) in [6.45, 7) is 5.45. The van der Waals surface area contributed by atoms with E-state index in [2.05, 4.69) is 6.92 Å². The minimum atomic E-state index is 0.220. The molecule has 0 atom stereocenters. The highest BCUT2D eigenvalue weighted by Gasteiger charge is 2.12. The topological polar surface area (TPSA) is 46.3 Å². The lowest BCUT2D eigenvalue weighted by Crippen LogP contribution is -2.30. The molecule has 2 N–H and O–H groups in total. The Morgan fingerprint density at radius 2 is 2.00 bits per heavy atom. The van der Waals surface area contributed by atoms with Gasteiger partial charge in [-0.05, 0) is 25.0 Å². The molecule has 3 nitrogen and oxygen atoms in total. The van der Waals surface area contributed by atoms with Gasteiger partial charge in [0.25, 0.3) is 0 Å². The summed E-state index contributed by atoms with van der Waals surface area (Å²) in [5.74, 6) is 0.220. The number of nitrogens with two attached hydrogens (primary N) is 1. The number of nitrogen functional groups attached to an aromatic ring is 1. The van der Waals surface area contributed by atoms with Gasteiger partial charge < -0.3 is 10.6 Å². The zero-order valence-corrected chi connectivity index (χ0v) is 10.8. The van der Waals surface area contributed by atoms with Crippen molar-refractivity contribution in [3.8, 4) is 0 Å². The summed E-state index contributed by atoms with van der Waals surface area (Å²) >= 11 is 0. The van der Waals surface area contributed by atoms with Crippen LogP contribution in [0.4, 0.5) is 5.69 Å². The first kappa shape index (κ1) is 13.6. The number of anilines is 1. The van der Waals surface area contributed by atoms with Crippen LogP contribution in [-0.4, -0.2) is 17.4 Å². The summed E-state index contributed by atoms with van der Waals surface area (Å²) in [6, 6.07) is 7.72. The third-order valence-electron chi connectivity index (χ3n) is 2.89. The molecule has 0 aromatic heterocycles. The van der Waals surface area contributed by atoms with Crippen LogP contribution in [0.3, 0.4) is 0 Å². The average molecular weight is 234 g/mol. The van der Waals surface area contributed by atoms with E-state index >= 15 is 0 Å². The van der Waals surface area contributed by atoms with Gasteiger partial charge in [-0.1, -0.05) is 31.5 Å². The van der Waals surface area contributed by atoms with Crippen LogP contribution in [0.2, 0.25) is 0 Å². The molecule has 0 radical (unpaired) electrons. The van der Waals surface area contributed by atoms with Gasteiger partial charge >= 0.3 is 0 Å². The number of hydrogen-bond donors (Lipinski definition) is 1. The second kappa shape index (κ2) is 6.94. The number of benzene rings is 1. The summed E-state index contributed by atoms with van der Waals surface area (Å²) in [5, 5.41) is 0. The molecule has 0 heterocycles. The molecule has 1 aromatic carbocycles. The van der Waals surface area contributed by atoms with Gasteiger partial charge in [-0.3, -0.25) is 4.79 Å². The average Bonchev–Trinajstić information content (AvgIpc) is 2.35. The van der Waals surface area contributed by atoms with Crippen molar-refractivity contribution in [3.63, 3.8) is 0 Å². The standard InChI is InChI=1S/C14H22N2O/c1-3-5-10-14(17)16(4-2)11-12-8-6-7-9-13(12)15/h6-9H,3-5,10-11,15H2,1-2H3. The van der Waals surface area contributed by atoms with E-state index in [1.807, 2.05) is 36.1 Å². The maximum Gasteiger partial charge on any atom is 0.222 e. The maximum atomic E-state index is 11.9. The molecule has 0 aliphatic carbocycles. The molecule has 0 aliphatic heterocycles. The van der Waals surface area contributed by atoms with Crippen molar-refractivity contribution in [2.75, 3.05) is 12.3 Å². The van der Waals surface area contributed by atoms with Gasteiger partial charge in [-0.2, -0.15) is 0 Å². The minimum absolute atomic E-state index is 0.220. The molecule has 94 valence electrons. The smallest absolute Gasteiger partial charge is 0.222 e. The van der Waals surface area contributed by atoms with Crippen molar-refractivity contribution < 1.29 is 4.79 Å². The number of carbonyl (C=O) groups excluding carboxylic acids is 1. The van der Waals surface area contributed by atoms with Crippen molar-refractivity contribution in [1.29, 1.82) is 0 Å². The van der Waals surface area contributed by atoms with Crippen LogP contribution in [0.1, 0.15) is 38.7 Å². The van der Waals surface area contributed by atoms with E-state index in [1.165, 1.54) is 0 Å². The molecule has 1 amide bonds. The van der Waals surface area contributed by atoms with Crippen molar-refractivity contribution in [2.45, 2.75) is 39.7 Å². The highest BCUT2D eigenvalue weighted by molar-refractivity contribution is 5.76. The normalized spacial score (nSPS) is 10.2. The van der Waals surface area contributed by atoms with Gasteiger partial charge in [0.1, 0.15) is 0 Å². The zero-order chi connectivity index (χ0) is 12.7. The van der Waals surface area contributed by atoms with Gasteiger partial charge in [0, 0.05) is 25.2 Å². The van der Waals surface area contributed by atoms with Crippen LogP contribution in [-0.2, 0) is 11.3 Å². The fraction of sp³-hybridized carbons (Fsp3) is 0.500. The quantitative estimate of drug-likeness (QED) is 0.769. The van der Waals surface area contributed by atoms with E-state index in [0.717, 1.165) is 30.6 Å². The fourth-order valence-corrected chi connectivity index (χ4v) is 1.75. The number of amides is 1. The highest BCUT2D eigenvalue weighted by atomic mass is 16.2. The first-order chi connectivity index (χ1) is 8.19. The van der Waals surface area contributed by atoms with Crippen molar-refractivity contribution in [1.82, 2.24) is 4.90 Å². The number of rotatable bonds is 6. The first-order valence-corrected chi connectivity index (χ1v) is 6.30.